The summed E-state index contributed by atoms with van der Waals surface area (Å²) in [6.07, 6.45) is 0. The molecule has 0 aliphatic carbocycles. The Morgan fingerprint density at radius 1 is 1.20 bits per heavy atom. The van der Waals surface area contributed by atoms with Gasteiger partial charge in [-0.1, -0.05) is 18.2 Å². The van der Waals surface area contributed by atoms with Gasteiger partial charge in [0.15, 0.2) is 0 Å². The summed E-state index contributed by atoms with van der Waals surface area (Å²) in [5.41, 5.74) is 2.34. The van der Waals surface area contributed by atoms with Crippen LogP contribution >= 0.6 is 34.4 Å². The number of benzene rings is 1. The molecule has 0 fully saturated rings. The van der Waals surface area contributed by atoms with E-state index in [1.807, 2.05) is 6.92 Å². The number of aromatic nitrogens is 2. The van der Waals surface area contributed by atoms with Crippen LogP contribution in [0.25, 0.3) is 0 Å². The largest absolute Gasteiger partial charge is 0.369 e. The second-order valence-corrected chi connectivity index (χ2v) is 6.57. The van der Waals surface area contributed by atoms with Gasteiger partial charge in [-0.2, -0.15) is 0 Å². The van der Waals surface area contributed by atoms with Crippen molar-refractivity contribution in [3.63, 3.8) is 0 Å². The predicted octanol–water partition coefficient (Wildman–Crippen LogP) is 4.42. The molecule has 106 valence electrons. The van der Waals surface area contributed by atoms with Gasteiger partial charge in [-0.25, -0.2) is 9.97 Å². The van der Waals surface area contributed by atoms with E-state index in [9.17, 15) is 0 Å². The van der Waals surface area contributed by atoms with Crippen molar-refractivity contribution in [2.24, 2.45) is 0 Å². The molecule has 0 saturated carbocycles. The molecule has 1 aromatic heterocycles. The van der Waals surface area contributed by atoms with Gasteiger partial charge in [-0.15, -0.1) is 11.8 Å². The standard InChI is InChI=1S/C15H18IN3S/c1-4-17-15-14(16)11(3)18-13(19-15)9-20-12-8-6-5-7-10(12)2/h5-8H,4,9H2,1-3H3,(H,17,18,19). The zero-order chi connectivity index (χ0) is 14.5. The highest BCUT2D eigenvalue weighted by atomic mass is 127. The zero-order valence-electron chi connectivity index (χ0n) is 11.9. The van der Waals surface area contributed by atoms with Crippen molar-refractivity contribution >= 4 is 40.2 Å². The molecule has 2 rings (SSSR count). The minimum absolute atomic E-state index is 0.793. The van der Waals surface area contributed by atoms with Crippen molar-refractivity contribution in [3.05, 3.63) is 44.9 Å². The van der Waals surface area contributed by atoms with E-state index in [0.717, 1.165) is 33.2 Å². The second-order valence-electron chi connectivity index (χ2n) is 4.47. The van der Waals surface area contributed by atoms with Crippen molar-refractivity contribution in [1.29, 1.82) is 0 Å². The molecule has 0 radical (unpaired) electrons. The van der Waals surface area contributed by atoms with E-state index < -0.39 is 0 Å². The molecule has 0 spiro atoms. The molecule has 0 amide bonds. The lowest BCUT2D eigenvalue weighted by molar-refractivity contribution is 0.973. The highest BCUT2D eigenvalue weighted by molar-refractivity contribution is 14.1. The summed E-state index contributed by atoms with van der Waals surface area (Å²) in [5, 5.41) is 3.30. The molecule has 1 N–H and O–H groups in total. The fourth-order valence-electron chi connectivity index (χ4n) is 1.83. The Labute approximate surface area is 138 Å². The lowest BCUT2D eigenvalue weighted by Crippen LogP contribution is -2.07. The molecule has 0 bridgehead atoms. The van der Waals surface area contributed by atoms with E-state index in [2.05, 4.69) is 76.0 Å². The maximum absolute atomic E-state index is 4.62. The number of rotatable bonds is 5. The minimum atomic E-state index is 0.793. The van der Waals surface area contributed by atoms with Crippen LogP contribution in [0.15, 0.2) is 29.2 Å². The second kappa shape index (κ2) is 7.26. The maximum atomic E-state index is 4.62. The summed E-state index contributed by atoms with van der Waals surface area (Å²) in [4.78, 5) is 10.5. The van der Waals surface area contributed by atoms with E-state index in [0.29, 0.717) is 0 Å². The average molecular weight is 399 g/mol. The third-order valence-corrected chi connectivity index (χ3v) is 5.32. The molecule has 5 heteroatoms. The van der Waals surface area contributed by atoms with Gasteiger partial charge in [0, 0.05) is 11.4 Å². The molecule has 1 heterocycles. The van der Waals surface area contributed by atoms with Crippen molar-refractivity contribution in [2.75, 3.05) is 11.9 Å². The fraction of sp³-hybridized carbons (Fsp3) is 0.333. The number of hydrogen-bond donors (Lipinski definition) is 1. The van der Waals surface area contributed by atoms with E-state index in [1.165, 1.54) is 10.5 Å². The topological polar surface area (TPSA) is 37.8 Å². The summed E-state index contributed by atoms with van der Waals surface area (Å²) >= 11 is 4.08. The van der Waals surface area contributed by atoms with Crippen molar-refractivity contribution < 1.29 is 0 Å². The molecule has 3 nitrogen and oxygen atoms in total. The molecule has 0 aliphatic rings. The quantitative estimate of drug-likeness (QED) is 0.597. The fourth-order valence-corrected chi connectivity index (χ4v) is 3.14. The average Bonchev–Trinajstić information content (AvgIpc) is 2.43. The van der Waals surface area contributed by atoms with Gasteiger partial charge in [-0.3, -0.25) is 0 Å². The Hall–Kier alpha value is -0.820. The highest BCUT2D eigenvalue weighted by Crippen LogP contribution is 2.26. The van der Waals surface area contributed by atoms with Crippen LogP contribution in [0.2, 0.25) is 0 Å². The van der Waals surface area contributed by atoms with Gasteiger partial charge >= 0.3 is 0 Å². The molecule has 0 aliphatic heterocycles. The zero-order valence-corrected chi connectivity index (χ0v) is 14.9. The van der Waals surface area contributed by atoms with Crippen molar-refractivity contribution in [3.8, 4) is 0 Å². The maximum Gasteiger partial charge on any atom is 0.143 e. The first-order valence-corrected chi connectivity index (χ1v) is 8.63. The molecular formula is C15H18IN3S. The molecular weight excluding hydrogens is 381 g/mol. The number of aryl methyl sites for hydroxylation is 2. The monoisotopic (exact) mass is 399 g/mol. The molecule has 1 aromatic carbocycles. The minimum Gasteiger partial charge on any atom is -0.369 e. The third kappa shape index (κ3) is 3.85. The summed E-state index contributed by atoms with van der Waals surface area (Å²) in [6, 6.07) is 8.41. The Bertz CT molecular complexity index is 602. The Balaban J connectivity index is 2.16. The van der Waals surface area contributed by atoms with Gasteiger partial charge in [0.05, 0.1) is 15.0 Å². The highest BCUT2D eigenvalue weighted by Gasteiger charge is 2.09. The molecule has 2 aromatic rings. The normalized spacial score (nSPS) is 10.6. The predicted molar refractivity (Wildman–Crippen MR) is 94.4 cm³/mol. The van der Waals surface area contributed by atoms with Crippen LogP contribution in [0.1, 0.15) is 24.0 Å². The number of thioether (sulfide) groups is 1. The molecule has 20 heavy (non-hydrogen) atoms. The van der Waals surface area contributed by atoms with Crippen LogP contribution in [-0.2, 0) is 5.75 Å². The van der Waals surface area contributed by atoms with Gasteiger partial charge in [-0.05, 0) is 55.0 Å². The summed E-state index contributed by atoms with van der Waals surface area (Å²) < 4.78 is 1.11. The van der Waals surface area contributed by atoms with E-state index >= 15 is 0 Å². The van der Waals surface area contributed by atoms with Crippen LogP contribution in [0.3, 0.4) is 0 Å². The van der Waals surface area contributed by atoms with Gasteiger partial charge in [0.1, 0.15) is 11.6 Å². The van der Waals surface area contributed by atoms with Crippen molar-refractivity contribution in [2.45, 2.75) is 31.4 Å². The number of nitrogens with one attached hydrogen (secondary N) is 1. The SMILES string of the molecule is CCNc1nc(CSc2ccccc2C)nc(C)c1I. The number of hydrogen-bond acceptors (Lipinski definition) is 4. The first-order chi connectivity index (χ1) is 9.61. The van der Waals surface area contributed by atoms with Crippen LogP contribution in [0, 0.1) is 17.4 Å². The van der Waals surface area contributed by atoms with E-state index in [4.69, 9.17) is 0 Å². The van der Waals surface area contributed by atoms with Gasteiger partial charge in [0.2, 0.25) is 0 Å². The van der Waals surface area contributed by atoms with Crippen LogP contribution in [-0.4, -0.2) is 16.5 Å². The Kier molecular flexibility index (Phi) is 5.65. The molecule has 0 saturated heterocycles. The van der Waals surface area contributed by atoms with E-state index in [1.54, 1.807) is 11.8 Å². The Morgan fingerprint density at radius 3 is 2.65 bits per heavy atom. The first-order valence-electron chi connectivity index (χ1n) is 6.57. The molecule has 0 atom stereocenters. The smallest absolute Gasteiger partial charge is 0.143 e. The van der Waals surface area contributed by atoms with Gasteiger partial charge < -0.3 is 5.32 Å². The number of anilines is 1. The number of nitrogens with zero attached hydrogens (tertiary/aromatic N) is 2. The summed E-state index contributed by atoms with van der Waals surface area (Å²) in [7, 11) is 0. The summed E-state index contributed by atoms with van der Waals surface area (Å²) in [6.45, 7) is 7.12. The van der Waals surface area contributed by atoms with Crippen LogP contribution < -0.4 is 5.32 Å². The summed E-state index contributed by atoms with van der Waals surface area (Å²) in [5.74, 6) is 2.62. The van der Waals surface area contributed by atoms with Crippen molar-refractivity contribution in [1.82, 2.24) is 9.97 Å². The lowest BCUT2D eigenvalue weighted by Gasteiger charge is -2.10. The molecule has 0 unspecified atom stereocenters. The van der Waals surface area contributed by atoms with E-state index in [-0.39, 0.29) is 0 Å². The first kappa shape index (κ1) is 15.6. The number of halogens is 1. The third-order valence-electron chi connectivity index (χ3n) is 2.86. The van der Waals surface area contributed by atoms with Gasteiger partial charge in [0.25, 0.3) is 0 Å². The van der Waals surface area contributed by atoms with Crippen LogP contribution in [0.5, 0.6) is 0 Å². The van der Waals surface area contributed by atoms with Crippen LogP contribution in [0.4, 0.5) is 5.82 Å². The Morgan fingerprint density at radius 2 is 1.95 bits per heavy atom. The lowest BCUT2D eigenvalue weighted by atomic mass is 10.2.